The number of fused-ring (bicyclic) bond motifs is 4. The van der Waals surface area contributed by atoms with Crippen LogP contribution < -0.4 is 5.32 Å². The molecule has 204 valence electrons. The molecule has 0 radical (unpaired) electrons. The normalized spacial score (nSPS) is 15.6. The van der Waals surface area contributed by atoms with Crippen molar-refractivity contribution in [3.63, 3.8) is 0 Å². The second kappa shape index (κ2) is 11.6. The quantitative estimate of drug-likeness (QED) is 0.151. The van der Waals surface area contributed by atoms with Gasteiger partial charge in [0.1, 0.15) is 17.5 Å². The summed E-state index contributed by atoms with van der Waals surface area (Å²) in [6, 6.07) is 33.7. The van der Waals surface area contributed by atoms with Gasteiger partial charge in [0.15, 0.2) is 0 Å². The van der Waals surface area contributed by atoms with E-state index < -0.39 is 0 Å². The summed E-state index contributed by atoms with van der Waals surface area (Å²) in [4.78, 5) is 7.49. The highest BCUT2D eigenvalue weighted by molar-refractivity contribution is 8.10. The molecule has 1 atom stereocenters. The summed E-state index contributed by atoms with van der Waals surface area (Å²) in [5.41, 5.74) is 8.74. The van der Waals surface area contributed by atoms with E-state index in [1.165, 1.54) is 26.3 Å². The van der Waals surface area contributed by atoms with Crippen molar-refractivity contribution in [1.82, 2.24) is 0 Å². The molecule has 7 rings (SSSR count). The standard InChI is InChI=1S/C38H30N2OS/c1-26(11-9-20-36-33-15-6-8-19-35(33)42-36)25-39-38(28-12-3-2-4-13-28)40-29-23-21-27(22-24-29)30-16-10-17-32-31-14-5-7-18-34(31)41-37(30)32/h2-4,6-13,15-25,38,40H,1,5,14H2/b11-9-,36-20-,39-25?. The monoisotopic (exact) mass is 562 g/mol. The van der Waals surface area contributed by atoms with Crippen LogP contribution in [-0.2, 0) is 6.42 Å². The Morgan fingerprint density at radius 1 is 0.905 bits per heavy atom. The van der Waals surface area contributed by atoms with Crippen LogP contribution in [0, 0.1) is 0 Å². The average molecular weight is 563 g/mol. The van der Waals surface area contributed by atoms with Crippen molar-refractivity contribution in [1.29, 1.82) is 0 Å². The highest BCUT2D eigenvalue weighted by Gasteiger charge is 2.19. The van der Waals surface area contributed by atoms with E-state index in [1.807, 2.05) is 36.6 Å². The average Bonchev–Trinajstić information content (AvgIpc) is 3.41. The van der Waals surface area contributed by atoms with Crippen LogP contribution >= 0.6 is 11.8 Å². The first-order valence-electron chi connectivity index (χ1n) is 14.2. The third-order valence-electron chi connectivity index (χ3n) is 7.61. The van der Waals surface area contributed by atoms with Crippen LogP contribution in [0.5, 0.6) is 0 Å². The first-order chi connectivity index (χ1) is 20.7. The number of aryl methyl sites for hydroxylation is 1. The Morgan fingerprint density at radius 2 is 1.71 bits per heavy atom. The van der Waals surface area contributed by atoms with Gasteiger partial charge in [-0.15, -0.1) is 0 Å². The van der Waals surface area contributed by atoms with Crippen molar-refractivity contribution in [2.45, 2.75) is 23.9 Å². The topological polar surface area (TPSA) is 37.5 Å². The third-order valence-corrected chi connectivity index (χ3v) is 8.77. The number of thioether (sulfide) groups is 1. The molecule has 1 N–H and O–H groups in total. The maximum Gasteiger partial charge on any atom is 0.144 e. The van der Waals surface area contributed by atoms with Gasteiger partial charge >= 0.3 is 0 Å². The van der Waals surface area contributed by atoms with Crippen molar-refractivity contribution in [3.8, 4) is 11.1 Å². The zero-order chi connectivity index (χ0) is 28.3. The summed E-state index contributed by atoms with van der Waals surface area (Å²) in [5, 5.41) is 4.82. The summed E-state index contributed by atoms with van der Waals surface area (Å²) < 4.78 is 6.31. The fourth-order valence-electron chi connectivity index (χ4n) is 5.46. The van der Waals surface area contributed by atoms with Gasteiger partial charge in [-0.05, 0) is 59.9 Å². The van der Waals surface area contributed by atoms with Gasteiger partial charge in [-0.1, -0.05) is 115 Å². The van der Waals surface area contributed by atoms with E-state index in [9.17, 15) is 0 Å². The van der Waals surface area contributed by atoms with Gasteiger partial charge in [0.2, 0.25) is 0 Å². The maximum atomic E-state index is 6.31. The zero-order valence-electron chi connectivity index (χ0n) is 23.2. The van der Waals surface area contributed by atoms with Crippen LogP contribution in [0.1, 0.15) is 35.0 Å². The number of allylic oxidation sites excluding steroid dienone is 5. The van der Waals surface area contributed by atoms with E-state index in [2.05, 4.69) is 109 Å². The molecule has 0 saturated carbocycles. The van der Waals surface area contributed by atoms with Gasteiger partial charge in [-0.2, -0.15) is 0 Å². The molecule has 0 amide bonds. The predicted octanol–water partition coefficient (Wildman–Crippen LogP) is 10.5. The minimum absolute atomic E-state index is 0.248. The Labute approximate surface area is 250 Å². The molecule has 2 aliphatic rings. The van der Waals surface area contributed by atoms with E-state index in [4.69, 9.17) is 9.41 Å². The lowest BCUT2D eigenvalue weighted by Gasteiger charge is -2.20. The molecule has 42 heavy (non-hydrogen) atoms. The summed E-state index contributed by atoms with van der Waals surface area (Å²) in [6.07, 6.45) is 14.1. The number of rotatable bonds is 8. The zero-order valence-corrected chi connectivity index (χ0v) is 24.0. The molecule has 0 spiro atoms. The van der Waals surface area contributed by atoms with Crippen LogP contribution in [0.4, 0.5) is 5.69 Å². The lowest BCUT2D eigenvalue weighted by molar-refractivity contribution is 0.596. The van der Waals surface area contributed by atoms with Crippen molar-refractivity contribution >= 4 is 45.6 Å². The van der Waals surface area contributed by atoms with Crippen LogP contribution in [0.25, 0.3) is 33.1 Å². The van der Waals surface area contributed by atoms with E-state index in [0.29, 0.717) is 0 Å². The molecule has 0 fully saturated rings. The number of furan rings is 1. The highest BCUT2D eigenvalue weighted by atomic mass is 32.2. The van der Waals surface area contributed by atoms with Crippen LogP contribution in [0.3, 0.4) is 0 Å². The predicted molar refractivity (Wildman–Crippen MR) is 179 cm³/mol. The largest absolute Gasteiger partial charge is 0.456 e. The summed E-state index contributed by atoms with van der Waals surface area (Å²) in [5.74, 6) is 0.992. The molecule has 1 unspecified atom stereocenters. The van der Waals surface area contributed by atoms with Crippen molar-refractivity contribution in [2.75, 3.05) is 5.32 Å². The van der Waals surface area contributed by atoms with E-state index in [1.54, 1.807) is 11.8 Å². The van der Waals surface area contributed by atoms with Crippen LogP contribution in [0.2, 0.25) is 0 Å². The molecule has 5 aromatic rings. The molecule has 4 heteroatoms. The molecule has 0 saturated heterocycles. The Morgan fingerprint density at radius 3 is 2.57 bits per heavy atom. The number of aliphatic imine (C=N–C) groups is 1. The minimum Gasteiger partial charge on any atom is -0.456 e. The number of hydrogen-bond acceptors (Lipinski definition) is 4. The van der Waals surface area contributed by atoms with Gasteiger partial charge in [0, 0.05) is 43.8 Å². The third kappa shape index (κ3) is 5.29. The van der Waals surface area contributed by atoms with Gasteiger partial charge in [-0.3, -0.25) is 4.99 Å². The molecule has 1 aliphatic carbocycles. The summed E-state index contributed by atoms with van der Waals surface area (Å²) in [6.45, 7) is 4.19. The Hall–Kier alpha value is -4.80. The minimum atomic E-state index is -0.248. The van der Waals surface area contributed by atoms with Crippen LogP contribution in [-0.4, -0.2) is 6.21 Å². The first kappa shape index (κ1) is 26.1. The molecule has 3 nitrogen and oxygen atoms in total. The molecule has 1 aliphatic heterocycles. The van der Waals surface area contributed by atoms with Crippen molar-refractivity contribution in [2.24, 2.45) is 4.99 Å². The van der Waals surface area contributed by atoms with Gasteiger partial charge in [0.05, 0.1) is 0 Å². The number of anilines is 1. The second-order valence-electron chi connectivity index (χ2n) is 10.4. The fraction of sp³-hybridized carbons (Fsp3) is 0.0789. The molecule has 0 bridgehead atoms. The lowest BCUT2D eigenvalue weighted by atomic mass is 9.98. The summed E-state index contributed by atoms with van der Waals surface area (Å²) >= 11 is 1.80. The number of nitrogens with one attached hydrogen (secondary N) is 1. The molecular weight excluding hydrogens is 532 g/mol. The Kier molecular flexibility index (Phi) is 7.21. The smallest absolute Gasteiger partial charge is 0.144 e. The molecule has 2 heterocycles. The Balaban J connectivity index is 1.08. The van der Waals surface area contributed by atoms with E-state index in [-0.39, 0.29) is 6.17 Å². The van der Waals surface area contributed by atoms with Crippen molar-refractivity contribution in [3.05, 3.63) is 156 Å². The maximum absolute atomic E-state index is 6.31. The molecule has 4 aromatic carbocycles. The highest BCUT2D eigenvalue weighted by Crippen LogP contribution is 2.48. The molecule has 1 aromatic heterocycles. The SMILES string of the molecule is C=C(C=NC(Nc1ccc(-c2cccc3c4c(oc23)C=CCC4)cc1)c1ccccc1)/C=C\C=C1/Sc2ccccc21. The van der Waals surface area contributed by atoms with E-state index >= 15 is 0 Å². The number of hydrogen-bond donors (Lipinski definition) is 1. The van der Waals surface area contributed by atoms with E-state index in [0.717, 1.165) is 52.1 Å². The number of para-hydroxylation sites is 1. The Bertz CT molecular complexity index is 1890. The van der Waals surface area contributed by atoms with Gasteiger partial charge < -0.3 is 9.73 Å². The van der Waals surface area contributed by atoms with Gasteiger partial charge in [-0.25, -0.2) is 0 Å². The second-order valence-corrected chi connectivity index (χ2v) is 11.5. The fourth-order valence-corrected chi connectivity index (χ4v) is 6.41. The first-order valence-corrected chi connectivity index (χ1v) is 15.1. The number of nitrogens with zero attached hydrogens (tertiary/aromatic N) is 1. The van der Waals surface area contributed by atoms with Crippen molar-refractivity contribution < 1.29 is 4.42 Å². The molecular formula is C38H30N2OS. The van der Waals surface area contributed by atoms with Gasteiger partial charge in [0.25, 0.3) is 0 Å². The lowest BCUT2D eigenvalue weighted by Crippen LogP contribution is -2.08. The van der Waals surface area contributed by atoms with Crippen LogP contribution in [0.15, 0.2) is 148 Å². The summed E-state index contributed by atoms with van der Waals surface area (Å²) in [7, 11) is 0. The number of benzene rings is 4.